The SMILES string of the molecule is CC1(C)c2cc(-c3cccc(-c4nc(-c5ccccc5)nc(-c5cccc6c5oc5ccccc56)n4)c3)ccc2-c2c1ccc1nc(-c3ccccc3)oc21. The van der Waals surface area contributed by atoms with E-state index in [9.17, 15) is 0 Å². The average molecular weight is 709 g/mol. The molecule has 0 amide bonds. The van der Waals surface area contributed by atoms with Gasteiger partial charge in [0.2, 0.25) is 5.89 Å². The van der Waals surface area contributed by atoms with E-state index in [1.54, 1.807) is 0 Å². The molecule has 0 spiro atoms. The van der Waals surface area contributed by atoms with Crippen LogP contribution in [-0.2, 0) is 5.41 Å². The minimum Gasteiger partial charge on any atom is -0.455 e. The van der Waals surface area contributed by atoms with Gasteiger partial charge >= 0.3 is 0 Å². The molecule has 7 aromatic carbocycles. The lowest BCUT2D eigenvalue weighted by Gasteiger charge is -2.22. The highest BCUT2D eigenvalue weighted by atomic mass is 16.3. The van der Waals surface area contributed by atoms with Crippen molar-refractivity contribution in [1.82, 2.24) is 19.9 Å². The fourth-order valence-electron chi connectivity index (χ4n) is 8.19. The second kappa shape index (κ2) is 11.9. The van der Waals surface area contributed by atoms with Crippen molar-refractivity contribution in [2.24, 2.45) is 0 Å². The third-order valence-electron chi connectivity index (χ3n) is 11.0. The van der Waals surface area contributed by atoms with Crippen LogP contribution in [0.3, 0.4) is 0 Å². The summed E-state index contributed by atoms with van der Waals surface area (Å²) in [4.78, 5) is 20.1. The number of benzene rings is 7. The summed E-state index contributed by atoms with van der Waals surface area (Å²) in [5.74, 6) is 2.39. The van der Waals surface area contributed by atoms with Crippen molar-refractivity contribution >= 4 is 33.0 Å². The molecule has 1 aliphatic rings. The van der Waals surface area contributed by atoms with Crippen molar-refractivity contribution in [3.05, 3.63) is 169 Å². The molecule has 55 heavy (non-hydrogen) atoms. The Kier molecular flexibility index (Phi) is 6.79. The summed E-state index contributed by atoms with van der Waals surface area (Å²) < 4.78 is 12.9. The van der Waals surface area contributed by atoms with Crippen LogP contribution in [0.25, 0.3) is 101 Å². The van der Waals surface area contributed by atoms with Crippen molar-refractivity contribution in [3.8, 4) is 67.9 Å². The van der Waals surface area contributed by atoms with Crippen LogP contribution in [0.5, 0.6) is 0 Å². The molecule has 0 fully saturated rings. The molecule has 11 rings (SSSR count). The van der Waals surface area contributed by atoms with Crippen LogP contribution >= 0.6 is 0 Å². The van der Waals surface area contributed by atoms with Gasteiger partial charge in [-0.1, -0.05) is 129 Å². The summed E-state index contributed by atoms with van der Waals surface area (Å²) in [6, 6.07) is 53.9. The van der Waals surface area contributed by atoms with Gasteiger partial charge < -0.3 is 8.83 Å². The van der Waals surface area contributed by atoms with Crippen LogP contribution in [0.15, 0.2) is 167 Å². The molecular formula is C49H32N4O2. The Hall–Kier alpha value is -7.18. The average Bonchev–Trinajstić information content (AvgIpc) is 3.92. The lowest BCUT2D eigenvalue weighted by Crippen LogP contribution is -2.14. The highest BCUT2D eigenvalue weighted by Crippen LogP contribution is 2.52. The molecule has 3 heterocycles. The van der Waals surface area contributed by atoms with Crippen LogP contribution in [0, 0.1) is 0 Å². The minimum atomic E-state index is -0.239. The molecule has 0 aliphatic heterocycles. The summed E-state index contributed by atoms with van der Waals surface area (Å²) in [6.45, 7) is 4.58. The summed E-state index contributed by atoms with van der Waals surface area (Å²) in [5.41, 5.74) is 13.6. The summed E-state index contributed by atoms with van der Waals surface area (Å²) in [7, 11) is 0. The van der Waals surface area contributed by atoms with E-state index in [1.807, 2.05) is 91.0 Å². The number of oxazole rings is 1. The molecule has 1 aliphatic carbocycles. The van der Waals surface area contributed by atoms with Gasteiger partial charge in [-0.2, -0.15) is 0 Å². The Morgan fingerprint density at radius 1 is 0.418 bits per heavy atom. The van der Waals surface area contributed by atoms with Crippen LogP contribution in [-0.4, -0.2) is 19.9 Å². The molecule has 0 unspecified atom stereocenters. The highest BCUT2D eigenvalue weighted by molar-refractivity contribution is 6.09. The number of furan rings is 1. The molecule has 0 atom stereocenters. The molecule has 260 valence electrons. The maximum atomic E-state index is 6.51. The Balaban J connectivity index is 1.03. The molecule has 10 aromatic rings. The Morgan fingerprint density at radius 3 is 1.91 bits per heavy atom. The number of hydrogen-bond donors (Lipinski definition) is 0. The Labute approximate surface area is 316 Å². The number of hydrogen-bond acceptors (Lipinski definition) is 6. The second-order valence-corrected chi connectivity index (χ2v) is 14.6. The van der Waals surface area contributed by atoms with Gasteiger partial charge in [-0.15, -0.1) is 0 Å². The van der Waals surface area contributed by atoms with E-state index >= 15 is 0 Å². The lowest BCUT2D eigenvalue weighted by atomic mass is 9.81. The van der Waals surface area contributed by atoms with Crippen molar-refractivity contribution in [1.29, 1.82) is 0 Å². The zero-order chi connectivity index (χ0) is 36.7. The zero-order valence-electron chi connectivity index (χ0n) is 30.1. The lowest BCUT2D eigenvalue weighted by molar-refractivity contribution is 0.618. The molecule has 0 saturated heterocycles. The Morgan fingerprint density at radius 2 is 1.07 bits per heavy atom. The van der Waals surface area contributed by atoms with E-state index in [4.69, 9.17) is 28.8 Å². The predicted molar refractivity (Wildman–Crippen MR) is 219 cm³/mol. The van der Waals surface area contributed by atoms with Crippen molar-refractivity contribution in [2.75, 3.05) is 0 Å². The fraction of sp³-hybridized carbons (Fsp3) is 0.0612. The summed E-state index contributed by atoms with van der Waals surface area (Å²) >= 11 is 0. The van der Waals surface area contributed by atoms with Crippen LogP contribution < -0.4 is 0 Å². The van der Waals surface area contributed by atoms with Gasteiger partial charge in [0.25, 0.3) is 0 Å². The molecule has 6 heteroatoms. The van der Waals surface area contributed by atoms with E-state index in [0.717, 1.165) is 72.0 Å². The summed E-state index contributed by atoms with van der Waals surface area (Å²) in [5, 5.41) is 2.09. The van der Waals surface area contributed by atoms with Gasteiger partial charge in [0, 0.05) is 38.4 Å². The molecule has 0 radical (unpaired) electrons. The number of para-hydroxylation sites is 2. The molecule has 6 nitrogen and oxygen atoms in total. The molecule has 0 bridgehead atoms. The first-order chi connectivity index (χ1) is 27.0. The largest absolute Gasteiger partial charge is 0.455 e. The van der Waals surface area contributed by atoms with E-state index in [0.29, 0.717) is 23.4 Å². The predicted octanol–water partition coefficient (Wildman–Crippen LogP) is 12.6. The number of aromatic nitrogens is 4. The maximum absolute atomic E-state index is 6.51. The maximum Gasteiger partial charge on any atom is 0.227 e. The van der Waals surface area contributed by atoms with Gasteiger partial charge in [-0.3, -0.25) is 0 Å². The normalized spacial score (nSPS) is 13.1. The first kappa shape index (κ1) is 31.4. The molecule has 0 N–H and O–H groups in total. The van der Waals surface area contributed by atoms with Gasteiger partial charge in [-0.05, 0) is 70.3 Å². The van der Waals surface area contributed by atoms with Crippen LogP contribution in [0.1, 0.15) is 25.0 Å². The van der Waals surface area contributed by atoms with Crippen molar-refractivity contribution < 1.29 is 8.83 Å². The number of fused-ring (bicyclic) bond motifs is 8. The molecular weight excluding hydrogens is 677 g/mol. The van der Waals surface area contributed by atoms with Crippen LogP contribution in [0.4, 0.5) is 0 Å². The molecule has 3 aromatic heterocycles. The first-order valence-electron chi connectivity index (χ1n) is 18.5. The van der Waals surface area contributed by atoms with Crippen molar-refractivity contribution in [3.63, 3.8) is 0 Å². The van der Waals surface area contributed by atoms with Gasteiger partial charge in [0.15, 0.2) is 23.1 Å². The van der Waals surface area contributed by atoms with Gasteiger partial charge in [-0.25, -0.2) is 19.9 Å². The smallest absolute Gasteiger partial charge is 0.227 e. The quantitative estimate of drug-likeness (QED) is 0.177. The summed E-state index contributed by atoms with van der Waals surface area (Å²) in [6.07, 6.45) is 0. The van der Waals surface area contributed by atoms with Gasteiger partial charge in [0.05, 0.1) is 5.56 Å². The standard InChI is InChI=1S/C49H32N4O2/c1-49(2)38-25-26-40-44(55-48(50-40)30-15-7-4-8-16-30)42(38)36-24-23-32(28-39(36)49)31-17-11-18-33(27-31)46-51-45(29-13-5-3-6-14-29)52-47(53-46)37-21-12-20-35-34-19-9-10-22-41(34)54-43(35)37/h3-28H,1-2H3. The van der Waals surface area contributed by atoms with E-state index in [1.165, 1.54) is 16.7 Å². The molecule has 0 saturated carbocycles. The minimum absolute atomic E-state index is 0.239. The number of rotatable bonds is 5. The highest BCUT2D eigenvalue weighted by Gasteiger charge is 2.38. The second-order valence-electron chi connectivity index (χ2n) is 14.6. The first-order valence-corrected chi connectivity index (χ1v) is 18.5. The topological polar surface area (TPSA) is 77.8 Å². The zero-order valence-corrected chi connectivity index (χ0v) is 30.1. The third-order valence-corrected chi connectivity index (χ3v) is 11.0. The van der Waals surface area contributed by atoms with E-state index in [-0.39, 0.29) is 5.41 Å². The van der Waals surface area contributed by atoms with Crippen LogP contribution in [0.2, 0.25) is 0 Å². The Bertz CT molecular complexity index is 3120. The van der Waals surface area contributed by atoms with E-state index < -0.39 is 0 Å². The third kappa shape index (κ3) is 4.95. The monoisotopic (exact) mass is 708 g/mol. The van der Waals surface area contributed by atoms with E-state index in [2.05, 4.69) is 80.6 Å². The fourth-order valence-corrected chi connectivity index (χ4v) is 8.19. The van der Waals surface area contributed by atoms with Gasteiger partial charge in [0.1, 0.15) is 16.7 Å². The number of nitrogens with zero attached hydrogens (tertiary/aromatic N) is 4. The van der Waals surface area contributed by atoms with Crippen molar-refractivity contribution in [2.45, 2.75) is 19.3 Å².